The Labute approximate surface area is 151 Å². The van der Waals surface area contributed by atoms with E-state index in [1.165, 1.54) is 12.5 Å². The molecule has 0 amide bonds. The molecule has 0 radical (unpaired) electrons. The van der Waals surface area contributed by atoms with Crippen LogP contribution in [0.1, 0.15) is 17.4 Å². The van der Waals surface area contributed by atoms with E-state index in [0.29, 0.717) is 11.5 Å². The van der Waals surface area contributed by atoms with Gasteiger partial charge in [0.1, 0.15) is 6.26 Å². The van der Waals surface area contributed by atoms with Gasteiger partial charge in [0.15, 0.2) is 15.7 Å². The van der Waals surface area contributed by atoms with Crippen molar-refractivity contribution < 1.29 is 22.7 Å². The zero-order valence-corrected chi connectivity index (χ0v) is 14.8. The van der Waals surface area contributed by atoms with Crippen molar-refractivity contribution in [3.8, 4) is 11.1 Å². The molecule has 1 heterocycles. The van der Waals surface area contributed by atoms with Gasteiger partial charge < -0.3 is 9.52 Å². The Morgan fingerprint density at radius 3 is 2.12 bits per heavy atom. The molecular weight excluding hydrogens is 354 g/mol. The van der Waals surface area contributed by atoms with Gasteiger partial charge in [0.05, 0.1) is 17.0 Å². The third kappa shape index (κ3) is 4.00. The molecule has 26 heavy (non-hydrogen) atoms. The third-order valence-corrected chi connectivity index (χ3v) is 5.22. The van der Waals surface area contributed by atoms with Crippen molar-refractivity contribution in [2.45, 2.75) is 17.2 Å². The Morgan fingerprint density at radius 1 is 1.08 bits per heavy atom. The van der Waals surface area contributed by atoms with Crippen LogP contribution < -0.4 is 0 Å². The Morgan fingerprint density at radius 2 is 1.65 bits per heavy atom. The summed E-state index contributed by atoms with van der Waals surface area (Å²) in [6, 6.07) is 13.7. The second-order valence-electron chi connectivity index (χ2n) is 5.94. The van der Waals surface area contributed by atoms with Crippen LogP contribution in [0.4, 0.5) is 0 Å². The molecule has 2 aromatic carbocycles. The lowest BCUT2D eigenvalue weighted by molar-refractivity contribution is -0.138. The van der Waals surface area contributed by atoms with Crippen molar-refractivity contribution in [3.05, 3.63) is 72.4 Å². The summed E-state index contributed by atoms with van der Waals surface area (Å²) in [5, 5.41) is 9.49. The molecule has 0 bridgehead atoms. The number of benzene rings is 2. The van der Waals surface area contributed by atoms with Crippen molar-refractivity contribution in [3.63, 3.8) is 0 Å². The van der Waals surface area contributed by atoms with Gasteiger partial charge in [0, 0.05) is 12.7 Å². The molecule has 3 rings (SSSR count). The molecule has 7 heteroatoms. The number of aromatic nitrogens is 1. The molecule has 6 nitrogen and oxygen atoms in total. The van der Waals surface area contributed by atoms with Gasteiger partial charge >= 0.3 is 5.97 Å². The lowest BCUT2D eigenvalue weighted by Gasteiger charge is -2.12. The molecule has 134 valence electrons. The van der Waals surface area contributed by atoms with Gasteiger partial charge in [-0.1, -0.05) is 36.4 Å². The summed E-state index contributed by atoms with van der Waals surface area (Å²) in [7, 11) is -3.23. The fourth-order valence-corrected chi connectivity index (χ4v) is 3.31. The Bertz CT molecular complexity index is 991. The number of hydrogen-bond acceptors (Lipinski definition) is 5. The van der Waals surface area contributed by atoms with Gasteiger partial charge in [0.25, 0.3) is 0 Å². The standard InChI is InChI=1S/C19H17NO5S/c1-26(23,24)16-8-6-14(7-9-16)13-2-4-15(5-3-13)17(19(21)22)12-18-20-10-11-25-18/h2-11,17H,12H2,1H3,(H,21,22). The highest BCUT2D eigenvalue weighted by Crippen LogP contribution is 2.26. The minimum Gasteiger partial charge on any atom is -0.481 e. The summed E-state index contributed by atoms with van der Waals surface area (Å²) in [5.41, 5.74) is 2.37. The van der Waals surface area contributed by atoms with Crippen LogP contribution in [-0.4, -0.2) is 30.7 Å². The quantitative estimate of drug-likeness (QED) is 0.715. The smallest absolute Gasteiger partial charge is 0.311 e. The van der Waals surface area contributed by atoms with Crippen molar-refractivity contribution in [1.29, 1.82) is 0 Å². The first-order valence-electron chi connectivity index (χ1n) is 7.86. The number of hydrogen-bond donors (Lipinski definition) is 1. The summed E-state index contributed by atoms with van der Waals surface area (Å²) >= 11 is 0. The predicted octanol–water partition coefficient (Wildman–Crippen LogP) is 3.16. The van der Waals surface area contributed by atoms with Crippen LogP contribution in [0, 0.1) is 0 Å². The first kappa shape index (κ1) is 17.9. The second-order valence-corrected chi connectivity index (χ2v) is 7.96. The van der Waals surface area contributed by atoms with Crippen LogP contribution in [0.25, 0.3) is 11.1 Å². The predicted molar refractivity (Wildman–Crippen MR) is 95.6 cm³/mol. The van der Waals surface area contributed by atoms with Crippen LogP contribution in [0.2, 0.25) is 0 Å². The molecule has 0 fully saturated rings. The molecular formula is C19H17NO5S. The van der Waals surface area contributed by atoms with E-state index in [4.69, 9.17) is 4.42 Å². The zero-order chi connectivity index (χ0) is 18.7. The Hall–Kier alpha value is -2.93. The molecule has 3 aromatic rings. The number of aliphatic carboxylic acids is 1. The van der Waals surface area contributed by atoms with Crippen LogP contribution in [-0.2, 0) is 21.1 Å². The van der Waals surface area contributed by atoms with E-state index in [9.17, 15) is 18.3 Å². The van der Waals surface area contributed by atoms with E-state index in [1.54, 1.807) is 36.4 Å². The fraction of sp³-hybridized carbons (Fsp3) is 0.158. The highest BCUT2D eigenvalue weighted by molar-refractivity contribution is 7.90. The molecule has 0 saturated carbocycles. The van der Waals surface area contributed by atoms with E-state index >= 15 is 0 Å². The molecule has 0 aliphatic carbocycles. The van der Waals surface area contributed by atoms with Crippen molar-refractivity contribution in [2.24, 2.45) is 0 Å². The van der Waals surface area contributed by atoms with E-state index in [-0.39, 0.29) is 11.3 Å². The summed E-state index contributed by atoms with van der Waals surface area (Å²) in [6.07, 6.45) is 4.23. The summed E-state index contributed by atoms with van der Waals surface area (Å²) in [4.78, 5) is 15.8. The topological polar surface area (TPSA) is 97.5 Å². The van der Waals surface area contributed by atoms with Gasteiger partial charge in [-0.15, -0.1) is 0 Å². The maximum atomic E-state index is 11.6. The molecule has 0 aliphatic rings. The number of nitrogens with zero attached hydrogens (tertiary/aromatic N) is 1. The SMILES string of the molecule is CS(=O)(=O)c1ccc(-c2ccc(C(Cc3ncco3)C(=O)O)cc2)cc1. The lowest BCUT2D eigenvalue weighted by atomic mass is 9.93. The van der Waals surface area contributed by atoms with Crippen LogP contribution in [0.3, 0.4) is 0 Å². The first-order chi connectivity index (χ1) is 12.3. The van der Waals surface area contributed by atoms with Gasteiger partial charge in [0.2, 0.25) is 0 Å². The molecule has 0 aliphatic heterocycles. The van der Waals surface area contributed by atoms with E-state index in [0.717, 1.165) is 17.4 Å². The van der Waals surface area contributed by atoms with Gasteiger partial charge in [-0.3, -0.25) is 4.79 Å². The normalized spacial score (nSPS) is 12.7. The maximum Gasteiger partial charge on any atom is 0.311 e. The lowest BCUT2D eigenvalue weighted by Crippen LogP contribution is -2.14. The van der Waals surface area contributed by atoms with Gasteiger partial charge in [-0.05, 0) is 28.8 Å². The molecule has 1 aromatic heterocycles. The maximum absolute atomic E-state index is 11.6. The van der Waals surface area contributed by atoms with E-state index < -0.39 is 21.7 Å². The average Bonchev–Trinajstić information content (AvgIpc) is 3.12. The van der Waals surface area contributed by atoms with Gasteiger partial charge in [-0.2, -0.15) is 0 Å². The number of carboxylic acid groups (broad SMARTS) is 1. The molecule has 1 N–H and O–H groups in total. The minimum absolute atomic E-state index is 0.171. The third-order valence-electron chi connectivity index (χ3n) is 4.09. The highest BCUT2D eigenvalue weighted by atomic mass is 32.2. The monoisotopic (exact) mass is 371 g/mol. The van der Waals surface area contributed by atoms with E-state index in [2.05, 4.69) is 4.98 Å². The van der Waals surface area contributed by atoms with Crippen LogP contribution in [0.5, 0.6) is 0 Å². The van der Waals surface area contributed by atoms with Crippen molar-refractivity contribution in [2.75, 3.05) is 6.26 Å². The summed E-state index contributed by atoms with van der Waals surface area (Å²) in [6.45, 7) is 0. The molecule has 0 saturated heterocycles. The number of carboxylic acids is 1. The molecule has 1 unspecified atom stereocenters. The number of carbonyl (C=O) groups is 1. The van der Waals surface area contributed by atoms with Crippen molar-refractivity contribution >= 4 is 15.8 Å². The fourth-order valence-electron chi connectivity index (χ4n) is 2.68. The second kappa shape index (κ2) is 7.13. The minimum atomic E-state index is -3.23. The molecule has 1 atom stereocenters. The number of oxazole rings is 1. The number of sulfone groups is 1. The van der Waals surface area contributed by atoms with Crippen LogP contribution >= 0.6 is 0 Å². The van der Waals surface area contributed by atoms with E-state index in [1.807, 2.05) is 12.1 Å². The summed E-state index contributed by atoms with van der Waals surface area (Å²) < 4.78 is 28.2. The Kier molecular flexibility index (Phi) is 4.90. The Balaban J connectivity index is 1.84. The number of rotatable bonds is 6. The van der Waals surface area contributed by atoms with Crippen molar-refractivity contribution in [1.82, 2.24) is 4.98 Å². The summed E-state index contributed by atoms with van der Waals surface area (Å²) in [5.74, 6) is -1.33. The zero-order valence-electron chi connectivity index (χ0n) is 14.0. The largest absolute Gasteiger partial charge is 0.481 e. The van der Waals surface area contributed by atoms with Crippen LogP contribution in [0.15, 0.2) is 70.3 Å². The molecule has 0 spiro atoms. The average molecular weight is 371 g/mol. The first-order valence-corrected chi connectivity index (χ1v) is 9.75. The van der Waals surface area contributed by atoms with Gasteiger partial charge in [-0.25, -0.2) is 13.4 Å². The highest BCUT2D eigenvalue weighted by Gasteiger charge is 2.22.